The fraction of sp³-hybridized carbons (Fsp3) is 0.424. The van der Waals surface area contributed by atoms with Crippen molar-refractivity contribution in [2.24, 2.45) is 11.8 Å². The number of rotatable bonds is 15. The lowest BCUT2D eigenvalue weighted by molar-refractivity contribution is -0.148. The number of nitrogens with one attached hydrogen (secondary N) is 1. The number of nitrogens with zero attached hydrogens (tertiary/aromatic N) is 2. The molecule has 0 bridgehead atoms. The molecule has 0 aliphatic rings. The van der Waals surface area contributed by atoms with Gasteiger partial charge in [0.1, 0.15) is 16.5 Å². The zero-order valence-electron chi connectivity index (χ0n) is 25.7. The SMILES string of the molecule is CC(=O)OC(CC(C(C)C)N(C)C(=O)Cc1ccc(F)cc1)c1nc(C(=O)NC(Cc2ccccc2)CC(C)C(=O)O)cs1. The first-order valence-corrected chi connectivity index (χ1v) is 15.4. The molecule has 4 unspecified atom stereocenters. The Hall–Kier alpha value is -4.12. The second kappa shape index (κ2) is 16.1. The third-order valence-corrected chi connectivity index (χ3v) is 8.38. The highest BCUT2D eigenvalue weighted by Crippen LogP contribution is 2.30. The number of carbonyl (C=O) groups is 4. The number of thiazole rings is 1. The highest BCUT2D eigenvalue weighted by molar-refractivity contribution is 7.09. The van der Waals surface area contributed by atoms with Gasteiger partial charge >= 0.3 is 11.9 Å². The van der Waals surface area contributed by atoms with Gasteiger partial charge in [0.25, 0.3) is 5.91 Å². The molecule has 2 N–H and O–H groups in total. The van der Waals surface area contributed by atoms with E-state index in [1.165, 1.54) is 30.4 Å². The predicted octanol–water partition coefficient (Wildman–Crippen LogP) is 5.45. The molecule has 3 rings (SSSR count). The standard InChI is InChI=1S/C33H40FN3O6S/c1-20(2)28(37(5)30(39)17-24-11-13-25(34)14-12-24)18-29(43-22(4)38)32-36-27(19-44-32)31(40)35-26(15-21(3)33(41)42)16-23-9-7-6-8-10-23/h6-14,19-21,26,28-29H,15-18H2,1-5H3,(H,35,40)(H,41,42). The second-order valence-corrected chi connectivity index (χ2v) is 12.2. The summed E-state index contributed by atoms with van der Waals surface area (Å²) in [5.74, 6) is -3.15. The number of carboxylic acids is 1. The topological polar surface area (TPSA) is 126 Å². The monoisotopic (exact) mass is 625 g/mol. The molecule has 1 heterocycles. The summed E-state index contributed by atoms with van der Waals surface area (Å²) in [4.78, 5) is 56.2. The number of ether oxygens (including phenoxy) is 1. The number of aromatic nitrogens is 1. The largest absolute Gasteiger partial charge is 0.481 e. The van der Waals surface area contributed by atoms with Gasteiger partial charge in [0, 0.05) is 37.9 Å². The van der Waals surface area contributed by atoms with Crippen molar-refractivity contribution in [1.82, 2.24) is 15.2 Å². The van der Waals surface area contributed by atoms with Crippen LogP contribution < -0.4 is 5.32 Å². The Kier molecular flexibility index (Phi) is 12.6. The number of halogens is 1. The first kappa shape index (κ1) is 34.4. The van der Waals surface area contributed by atoms with Crippen LogP contribution in [-0.4, -0.2) is 57.9 Å². The molecule has 11 heteroatoms. The van der Waals surface area contributed by atoms with Crippen molar-refractivity contribution < 1.29 is 33.4 Å². The average molecular weight is 626 g/mol. The van der Waals surface area contributed by atoms with Gasteiger partial charge < -0.3 is 20.1 Å². The minimum absolute atomic E-state index is 0.00655. The Bertz CT molecular complexity index is 1410. The van der Waals surface area contributed by atoms with Crippen LogP contribution in [0.15, 0.2) is 60.0 Å². The van der Waals surface area contributed by atoms with Crippen LogP contribution >= 0.6 is 11.3 Å². The highest BCUT2D eigenvalue weighted by atomic mass is 32.1. The van der Waals surface area contributed by atoms with Gasteiger partial charge in [-0.25, -0.2) is 9.37 Å². The number of amides is 2. The smallest absolute Gasteiger partial charge is 0.306 e. The lowest BCUT2D eigenvalue weighted by atomic mass is 9.95. The van der Waals surface area contributed by atoms with Crippen LogP contribution in [0.3, 0.4) is 0 Å². The van der Waals surface area contributed by atoms with Gasteiger partial charge in [-0.3, -0.25) is 19.2 Å². The maximum atomic E-state index is 13.3. The van der Waals surface area contributed by atoms with Crippen LogP contribution in [0.4, 0.5) is 4.39 Å². The number of likely N-dealkylation sites (N-methyl/N-ethyl adjacent to an activating group) is 1. The third-order valence-electron chi connectivity index (χ3n) is 7.44. The molecule has 9 nitrogen and oxygen atoms in total. The summed E-state index contributed by atoms with van der Waals surface area (Å²) in [6.45, 7) is 6.81. The molecule has 3 aromatic rings. The molecule has 4 atom stereocenters. The average Bonchev–Trinajstić information content (AvgIpc) is 3.47. The van der Waals surface area contributed by atoms with Crippen LogP contribution in [0, 0.1) is 17.7 Å². The number of esters is 1. The summed E-state index contributed by atoms with van der Waals surface area (Å²) in [7, 11) is 1.69. The lowest BCUT2D eigenvalue weighted by Gasteiger charge is -2.33. The van der Waals surface area contributed by atoms with Crippen LogP contribution in [-0.2, 0) is 32.0 Å². The number of carbonyl (C=O) groups excluding carboxylic acids is 3. The zero-order chi connectivity index (χ0) is 32.4. The molecular weight excluding hydrogens is 585 g/mol. The third kappa shape index (κ3) is 10.3. The Morgan fingerprint density at radius 1 is 1.00 bits per heavy atom. The molecule has 1 aromatic heterocycles. The Labute approximate surface area is 261 Å². The van der Waals surface area contributed by atoms with Crippen LogP contribution in [0.25, 0.3) is 0 Å². The minimum atomic E-state index is -0.946. The Morgan fingerprint density at radius 2 is 1.66 bits per heavy atom. The van der Waals surface area contributed by atoms with Gasteiger partial charge in [-0.2, -0.15) is 0 Å². The number of carboxylic acid groups (broad SMARTS) is 1. The van der Waals surface area contributed by atoms with Crippen LogP contribution in [0.2, 0.25) is 0 Å². The van der Waals surface area contributed by atoms with E-state index in [1.54, 1.807) is 36.4 Å². The minimum Gasteiger partial charge on any atom is -0.481 e. The first-order chi connectivity index (χ1) is 20.8. The van der Waals surface area contributed by atoms with Crippen molar-refractivity contribution in [3.05, 3.63) is 87.6 Å². The summed E-state index contributed by atoms with van der Waals surface area (Å²) in [5.41, 5.74) is 1.77. The molecule has 0 spiro atoms. The predicted molar refractivity (Wildman–Crippen MR) is 166 cm³/mol. The second-order valence-electron chi connectivity index (χ2n) is 11.4. The quantitative estimate of drug-likeness (QED) is 0.215. The van der Waals surface area contributed by atoms with E-state index in [0.717, 1.165) is 5.56 Å². The molecule has 0 radical (unpaired) electrons. The van der Waals surface area contributed by atoms with Gasteiger partial charge in [-0.05, 0) is 42.0 Å². The molecular formula is C33H40FN3O6S. The van der Waals surface area contributed by atoms with Gasteiger partial charge in [0.05, 0.1) is 12.3 Å². The Morgan fingerprint density at radius 3 is 2.25 bits per heavy atom. The fourth-order valence-corrected chi connectivity index (χ4v) is 5.84. The van der Waals surface area contributed by atoms with E-state index in [0.29, 0.717) is 17.0 Å². The maximum Gasteiger partial charge on any atom is 0.306 e. The normalized spacial score (nSPS) is 13.9. The number of hydrogen-bond acceptors (Lipinski definition) is 7. The molecule has 2 aromatic carbocycles. The van der Waals surface area contributed by atoms with Crippen LogP contribution in [0.1, 0.15) is 73.3 Å². The molecule has 0 fully saturated rings. The summed E-state index contributed by atoms with van der Waals surface area (Å²) >= 11 is 1.17. The molecule has 236 valence electrons. The van der Waals surface area contributed by atoms with Crippen molar-refractivity contribution in [2.75, 3.05) is 7.05 Å². The van der Waals surface area contributed by atoms with Crippen LogP contribution in [0.5, 0.6) is 0 Å². The van der Waals surface area contributed by atoms with Crippen molar-refractivity contribution in [3.63, 3.8) is 0 Å². The number of aliphatic carboxylic acids is 1. The Balaban J connectivity index is 1.77. The molecule has 0 aliphatic heterocycles. The van der Waals surface area contributed by atoms with Crippen molar-refractivity contribution in [1.29, 1.82) is 0 Å². The van der Waals surface area contributed by atoms with E-state index in [1.807, 2.05) is 44.2 Å². The van der Waals surface area contributed by atoms with E-state index in [4.69, 9.17) is 4.74 Å². The highest BCUT2D eigenvalue weighted by Gasteiger charge is 2.31. The summed E-state index contributed by atoms with van der Waals surface area (Å²) < 4.78 is 19.0. The maximum absolute atomic E-state index is 13.3. The van der Waals surface area contributed by atoms with E-state index in [-0.39, 0.29) is 48.6 Å². The molecule has 0 aliphatic carbocycles. The lowest BCUT2D eigenvalue weighted by Crippen LogP contribution is -2.42. The molecule has 0 saturated heterocycles. The number of benzene rings is 2. The molecule has 0 saturated carbocycles. The van der Waals surface area contributed by atoms with E-state index >= 15 is 0 Å². The van der Waals surface area contributed by atoms with Gasteiger partial charge in [-0.15, -0.1) is 11.3 Å². The van der Waals surface area contributed by atoms with Crippen molar-refractivity contribution >= 4 is 35.1 Å². The van der Waals surface area contributed by atoms with Crippen molar-refractivity contribution in [3.8, 4) is 0 Å². The van der Waals surface area contributed by atoms with E-state index in [2.05, 4.69) is 10.3 Å². The summed E-state index contributed by atoms with van der Waals surface area (Å²) in [6, 6.07) is 14.5. The van der Waals surface area contributed by atoms with Gasteiger partial charge in [0.2, 0.25) is 5.91 Å². The van der Waals surface area contributed by atoms with Gasteiger partial charge in [0.15, 0.2) is 6.10 Å². The van der Waals surface area contributed by atoms with E-state index in [9.17, 15) is 28.7 Å². The number of hydrogen-bond donors (Lipinski definition) is 2. The molecule has 2 amide bonds. The summed E-state index contributed by atoms with van der Waals surface area (Å²) in [6.07, 6.45) is 0.220. The van der Waals surface area contributed by atoms with Gasteiger partial charge in [-0.1, -0.05) is 63.2 Å². The molecule has 44 heavy (non-hydrogen) atoms. The first-order valence-electron chi connectivity index (χ1n) is 14.5. The van der Waals surface area contributed by atoms with E-state index < -0.39 is 35.9 Å². The van der Waals surface area contributed by atoms with Crippen molar-refractivity contribution in [2.45, 2.75) is 71.6 Å². The summed E-state index contributed by atoms with van der Waals surface area (Å²) in [5, 5.41) is 14.4. The fourth-order valence-electron chi connectivity index (χ4n) is 5.00. The zero-order valence-corrected chi connectivity index (χ0v) is 26.5.